The Labute approximate surface area is 94.9 Å². The van der Waals surface area contributed by atoms with Gasteiger partial charge in [-0.25, -0.2) is 9.59 Å². The Morgan fingerprint density at radius 3 is 2.25 bits per heavy atom. The van der Waals surface area contributed by atoms with E-state index < -0.39 is 12.1 Å². The van der Waals surface area contributed by atoms with Crippen LogP contribution < -0.4 is 5.32 Å². The Morgan fingerprint density at radius 2 is 1.94 bits per heavy atom. The molecule has 16 heavy (non-hydrogen) atoms. The number of rotatable bonds is 5. The van der Waals surface area contributed by atoms with Gasteiger partial charge >= 0.3 is 12.1 Å². The first kappa shape index (κ1) is 16.9. The maximum Gasteiger partial charge on any atom is 0.407 e. The molecule has 94 valence electrons. The van der Waals surface area contributed by atoms with E-state index >= 15 is 0 Å². The van der Waals surface area contributed by atoms with Gasteiger partial charge in [-0.05, 0) is 20.3 Å². The van der Waals surface area contributed by atoms with Gasteiger partial charge in [-0.1, -0.05) is 6.58 Å². The highest BCUT2D eigenvalue weighted by atomic mass is 16.5. The summed E-state index contributed by atoms with van der Waals surface area (Å²) in [7, 11) is 0. The normalized spacial score (nSPS) is 8.44. The van der Waals surface area contributed by atoms with Crippen LogP contribution in [0.1, 0.15) is 20.3 Å². The van der Waals surface area contributed by atoms with Crippen LogP contribution in [0.4, 0.5) is 4.79 Å². The van der Waals surface area contributed by atoms with Crippen LogP contribution in [0.5, 0.6) is 0 Å². The van der Waals surface area contributed by atoms with Crippen molar-refractivity contribution in [2.24, 2.45) is 0 Å². The van der Waals surface area contributed by atoms with Crippen molar-refractivity contribution < 1.29 is 24.5 Å². The third-order valence-corrected chi connectivity index (χ3v) is 1.24. The number of carbonyl (C=O) groups excluding carboxylic acids is 1. The molecule has 3 N–H and O–H groups in total. The van der Waals surface area contributed by atoms with Crippen molar-refractivity contribution in [2.75, 3.05) is 19.8 Å². The van der Waals surface area contributed by atoms with Crippen molar-refractivity contribution >= 4 is 12.1 Å². The fraction of sp³-hybridized carbons (Fsp3) is 0.600. The summed E-state index contributed by atoms with van der Waals surface area (Å²) in [5.74, 6) is -0.935. The van der Waals surface area contributed by atoms with Crippen LogP contribution in [0.25, 0.3) is 0 Å². The minimum Gasteiger partial charge on any atom is -0.478 e. The lowest BCUT2D eigenvalue weighted by Gasteiger charge is -2.02. The van der Waals surface area contributed by atoms with Crippen LogP contribution in [0, 0.1) is 0 Å². The number of alkyl carbamates (subject to hydrolysis) is 1. The topological polar surface area (TPSA) is 95.9 Å². The largest absolute Gasteiger partial charge is 0.478 e. The second kappa shape index (κ2) is 11.5. The minimum absolute atomic E-state index is 0.0897. The first-order chi connectivity index (χ1) is 7.45. The van der Waals surface area contributed by atoms with Gasteiger partial charge in [-0.3, -0.25) is 0 Å². The number of carboxylic acid groups (broad SMARTS) is 1. The lowest BCUT2D eigenvalue weighted by molar-refractivity contribution is -0.132. The molecular formula is C10H19NO5. The first-order valence-electron chi connectivity index (χ1n) is 4.86. The Morgan fingerprint density at radius 1 is 1.44 bits per heavy atom. The van der Waals surface area contributed by atoms with Crippen LogP contribution in [0.3, 0.4) is 0 Å². The summed E-state index contributed by atoms with van der Waals surface area (Å²) < 4.78 is 4.56. The fourth-order valence-electron chi connectivity index (χ4n) is 0.452. The highest BCUT2D eigenvalue weighted by molar-refractivity contribution is 5.84. The van der Waals surface area contributed by atoms with Gasteiger partial charge in [0.2, 0.25) is 0 Å². The van der Waals surface area contributed by atoms with E-state index in [1.165, 1.54) is 6.92 Å². The molecule has 6 heteroatoms. The Balaban J connectivity index is 0. The van der Waals surface area contributed by atoms with Crippen molar-refractivity contribution in [3.8, 4) is 0 Å². The van der Waals surface area contributed by atoms with Gasteiger partial charge < -0.3 is 20.3 Å². The number of hydrogen-bond acceptors (Lipinski definition) is 4. The average molecular weight is 233 g/mol. The number of nitrogens with one attached hydrogen (secondary N) is 1. The molecule has 0 aromatic heterocycles. The van der Waals surface area contributed by atoms with Gasteiger partial charge in [0.1, 0.15) is 0 Å². The Hall–Kier alpha value is -1.56. The summed E-state index contributed by atoms with van der Waals surface area (Å²) in [6.45, 7) is 7.28. The molecule has 0 rings (SSSR count). The summed E-state index contributed by atoms with van der Waals surface area (Å²) in [5, 5.41) is 18.7. The van der Waals surface area contributed by atoms with Gasteiger partial charge in [-0.2, -0.15) is 0 Å². The number of hydrogen-bond donors (Lipinski definition) is 3. The van der Waals surface area contributed by atoms with E-state index in [1.54, 1.807) is 6.92 Å². The summed E-state index contributed by atoms with van der Waals surface area (Å²) >= 11 is 0. The molecule has 0 fully saturated rings. The van der Waals surface area contributed by atoms with Gasteiger partial charge in [0.25, 0.3) is 0 Å². The van der Waals surface area contributed by atoms with Gasteiger partial charge in [0, 0.05) is 18.7 Å². The summed E-state index contributed by atoms with van der Waals surface area (Å²) in [5.41, 5.74) is 0.176. The molecule has 0 heterocycles. The molecule has 1 amide bonds. The number of amides is 1. The molecule has 0 aliphatic carbocycles. The first-order valence-corrected chi connectivity index (χ1v) is 4.86. The van der Waals surface area contributed by atoms with Crippen LogP contribution >= 0.6 is 0 Å². The maximum absolute atomic E-state index is 10.5. The second-order valence-electron chi connectivity index (χ2n) is 2.81. The predicted molar refractivity (Wildman–Crippen MR) is 59.2 cm³/mol. The molecule has 0 saturated heterocycles. The molecule has 0 unspecified atom stereocenters. The Kier molecular flexibility index (Phi) is 12.1. The molecule has 0 bridgehead atoms. The number of aliphatic hydroxyl groups excluding tert-OH is 1. The zero-order valence-corrected chi connectivity index (χ0v) is 9.65. The molecule has 0 saturated carbocycles. The van der Waals surface area contributed by atoms with Crippen molar-refractivity contribution in [2.45, 2.75) is 20.3 Å². The quantitative estimate of drug-likeness (QED) is 0.481. The average Bonchev–Trinajstić information content (AvgIpc) is 2.19. The number of ether oxygens (including phenoxy) is 1. The molecule has 0 radical (unpaired) electrons. The molecule has 0 spiro atoms. The molecular weight excluding hydrogens is 214 g/mol. The smallest absolute Gasteiger partial charge is 0.407 e. The molecule has 0 atom stereocenters. The minimum atomic E-state index is -0.935. The predicted octanol–water partition coefficient (Wildman–Crippen LogP) is 0.762. The number of aliphatic hydroxyl groups is 1. The summed E-state index contributed by atoms with van der Waals surface area (Å²) in [6, 6.07) is 0. The van der Waals surface area contributed by atoms with Crippen LogP contribution in [0.15, 0.2) is 12.2 Å². The van der Waals surface area contributed by atoms with Crippen molar-refractivity contribution in [1.29, 1.82) is 0 Å². The highest BCUT2D eigenvalue weighted by Crippen LogP contribution is 1.81. The molecule has 0 aromatic rings. The number of carboxylic acids is 1. The van der Waals surface area contributed by atoms with E-state index in [0.29, 0.717) is 19.6 Å². The van der Waals surface area contributed by atoms with E-state index in [2.05, 4.69) is 16.6 Å². The maximum atomic E-state index is 10.5. The standard InChI is InChI=1S/C6H13NO3.C4H6O2/c1-2-10-6(9)7-4-3-5-8;1-3(2)4(5)6/h8H,2-5H2,1H3,(H,7,9);1H2,2H3,(H,5,6). The van der Waals surface area contributed by atoms with Crippen LogP contribution in [0.2, 0.25) is 0 Å². The van der Waals surface area contributed by atoms with Gasteiger partial charge in [-0.15, -0.1) is 0 Å². The molecule has 6 nitrogen and oxygen atoms in total. The monoisotopic (exact) mass is 233 g/mol. The van der Waals surface area contributed by atoms with E-state index in [1.807, 2.05) is 0 Å². The van der Waals surface area contributed by atoms with Crippen molar-refractivity contribution in [3.63, 3.8) is 0 Å². The highest BCUT2D eigenvalue weighted by Gasteiger charge is 1.96. The summed E-state index contributed by atoms with van der Waals surface area (Å²) in [4.78, 5) is 20.1. The van der Waals surface area contributed by atoms with Crippen molar-refractivity contribution in [3.05, 3.63) is 12.2 Å². The third-order valence-electron chi connectivity index (χ3n) is 1.24. The molecule has 0 aliphatic rings. The van der Waals surface area contributed by atoms with Crippen LogP contribution in [-0.4, -0.2) is 42.0 Å². The third kappa shape index (κ3) is 14.9. The van der Waals surface area contributed by atoms with Gasteiger partial charge in [0.15, 0.2) is 0 Å². The van der Waals surface area contributed by atoms with E-state index in [0.717, 1.165) is 0 Å². The number of aliphatic carboxylic acids is 1. The van der Waals surface area contributed by atoms with Crippen LogP contribution in [-0.2, 0) is 9.53 Å². The second-order valence-corrected chi connectivity index (χ2v) is 2.81. The number of carbonyl (C=O) groups is 2. The SMILES string of the molecule is C=C(C)C(=O)O.CCOC(=O)NCCCO. The lowest BCUT2D eigenvalue weighted by Crippen LogP contribution is -2.25. The zero-order valence-electron chi connectivity index (χ0n) is 9.65. The zero-order chi connectivity index (χ0) is 13.0. The van der Waals surface area contributed by atoms with E-state index in [9.17, 15) is 9.59 Å². The van der Waals surface area contributed by atoms with E-state index in [-0.39, 0.29) is 12.2 Å². The van der Waals surface area contributed by atoms with Crippen molar-refractivity contribution in [1.82, 2.24) is 5.32 Å². The molecule has 0 aromatic carbocycles. The summed E-state index contributed by atoms with van der Waals surface area (Å²) in [6.07, 6.45) is 0.148. The Bertz CT molecular complexity index is 215. The van der Waals surface area contributed by atoms with Gasteiger partial charge in [0.05, 0.1) is 6.61 Å². The fourth-order valence-corrected chi connectivity index (χ4v) is 0.452. The molecule has 0 aliphatic heterocycles. The van der Waals surface area contributed by atoms with E-state index in [4.69, 9.17) is 10.2 Å². The lowest BCUT2D eigenvalue weighted by atomic mass is 10.4.